The molecule has 0 aromatic rings. The Balaban J connectivity index is -0.000000125. The minimum absolute atomic E-state index is 0. The second-order valence-corrected chi connectivity index (χ2v) is 4.50. The molecule has 2 heteroatoms. The number of rotatable bonds is 0. The molecule has 43 valence electrons. The first-order valence-corrected chi connectivity index (χ1v) is 3.75. The van der Waals surface area contributed by atoms with Crippen LogP contribution in [0.3, 0.4) is 0 Å². The molecule has 0 aromatic carbocycles. The van der Waals surface area contributed by atoms with Crippen LogP contribution in [0.1, 0.15) is 22.2 Å². The van der Waals surface area contributed by atoms with E-state index in [1.54, 1.807) is 0 Å². The third kappa shape index (κ3) is 10.7. The molecule has 0 amide bonds. The van der Waals surface area contributed by atoms with Gasteiger partial charge in [0.15, 0.2) is 0 Å². The van der Waals surface area contributed by atoms with Crippen LogP contribution in [0.4, 0.5) is 0 Å². The second kappa shape index (κ2) is 3.49. The molecule has 0 bridgehead atoms. The molecule has 7 heavy (non-hydrogen) atoms. The van der Waals surface area contributed by atoms with E-state index in [4.69, 9.17) is 0 Å². The molecule has 0 aliphatic heterocycles. The van der Waals surface area contributed by atoms with E-state index in [-0.39, 0.29) is 9.84 Å². The van der Waals surface area contributed by atoms with E-state index in [1.807, 2.05) is 0 Å². The topological polar surface area (TPSA) is 0 Å². The average molecular weight is 117 g/mol. The first-order chi connectivity index (χ1) is 2.56. The summed E-state index contributed by atoms with van der Waals surface area (Å²) >= 11 is 0. The van der Waals surface area contributed by atoms with Gasteiger partial charge in [-0.15, -0.1) is 8.58 Å². The van der Waals surface area contributed by atoms with Crippen molar-refractivity contribution in [3.63, 3.8) is 0 Å². The van der Waals surface area contributed by atoms with Gasteiger partial charge >= 0.3 is 0 Å². The lowest BCUT2D eigenvalue weighted by molar-refractivity contribution is 0.797. The Morgan fingerprint density at radius 1 is 1.29 bits per heavy atom. The Morgan fingerprint density at radius 2 is 1.43 bits per heavy atom. The molecule has 3 radical (unpaired) electrons. The van der Waals surface area contributed by atoms with Gasteiger partial charge in [-0.2, -0.15) is 0 Å². The van der Waals surface area contributed by atoms with Gasteiger partial charge in [0.1, 0.15) is 0 Å². The Bertz CT molecular complexity index is 42.2. The van der Waals surface area contributed by atoms with Crippen molar-refractivity contribution in [1.29, 1.82) is 0 Å². The molecule has 0 aromatic heterocycles. The molecule has 0 rings (SSSR count). The van der Waals surface area contributed by atoms with Gasteiger partial charge in [0, 0.05) is 9.84 Å². The highest BCUT2D eigenvalue weighted by molar-refractivity contribution is 7.38. The molecule has 0 heterocycles. The summed E-state index contributed by atoms with van der Waals surface area (Å²) < 4.78 is 0. The summed E-state index contributed by atoms with van der Waals surface area (Å²) in [7, 11) is 1.07. The molecular formula is C5H15BP. The minimum atomic E-state index is 0. The molecule has 1 atom stereocenters. The van der Waals surface area contributed by atoms with Gasteiger partial charge in [-0.05, 0) is 11.8 Å². The summed E-state index contributed by atoms with van der Waals surface area (Å²) in [6.07, 6.45) is 0. The summed E-state index contributed by atoms with van der Waals surface area (Å²) in [5.74, 6) is 0. The van der Waals surface area contributed by atoms with Crippen LogP contribution in [-0.2, 0) is 0 Å². The maximum absolute atomic E-state index is 2.26. The van der Waals surface area contributed by atoms with Crippen molar-refractivity contribution in [2.45, 2.75) is 25.9 Å². The van der Waals surface area contributed by atoms with Gasteiger partial charge in [-0.1, -0.05) is 20.8 Å². The van der Waals surface area contributed by atoms with E-state index >= 15 is 0 Å². The zero-order chi connectivity index (χ0) is 5.21. The molecular weight excluding hydrogens is 102 g/mol. The first-order valence-electron chi connectivity index (χ1n) is 2.25. The second-order valence-electron chi connectivity index (χ2n) is 2.50. The van der Waals surface area contributed by atoms with Gasteiger partial charge in [-0.25, -0.2) is 0 Å². The molecule has 0 spiro atoms. The van der Waals surface area contributed by atoms with E-state index in [9.17, 15) is 0 Å². The van der Waals surface area contributed by atoms with Crippen molar-refractivity contribution >= 4 is 17.0 Å². The molecule has 0 saturated heterocycles. The third-order valence-electron chi connectivity index (χ3n) is 0.750. The van der Waals surface area contributed by atoms with E-state index in [2.05, 4.69) is 27.4 Å². The van der Waals surface area contributed by atoms with Gasteiger partial charge in [0.2, 0.25) is 0 Å². The van der Waals surface area contributed by atoms with Gasteiger partial charge in [0.05, 0.1) is 0 Å². The van der Waals surface area contributed by atoms with Crippen molar-refractivity contribution in [3.05, 3.63) is 0 Å². The predicted octanol–water partition coefficient (Wildman–Crippen LogP) is 1.96. The highest BCUT2D eigenvalue weighted by Gasteiger charge is 2.03. The van der Waals surface area contributed by atoms with Gasteiger partial charge in [0.25, 0.3) is 0 Å². The van der Waals surface area contributed by atoms with Crippen LogP contribution in [0.15, 0.2) is 0 Å². The van der Waals surface area contributed by atoms with E-state index in [0.717, 1.165) is 8.58 Å². The molecule has 0 N–H and O–H groups in total. The normalized spacial score (nSPS) is 12.0. The van der Waals surface area contributed by atoms with Crippen LogP contribution >= 0.6 is 8.58 Å². The molecule has 0 saturated carbocycles. The predicted molar refractivity (Wildman–Crippen MR) is 41.9 cm³/mol. The molecule has 0 aliphatic rings. The van der Waals surface area contributed by atoms with Crippen LogP contribution in [0.25, 0.3) is 0 Å². The number of hydrogen-bond donors (Lipinski definition) is 0. The summed E-state index contributed by atoms with van der Waals surface area (Å²) in [6.45, 7) is 9.00. The van der Waals surface area contributed by atoms with E-state index in [0.29, 0.717) is 5.16 Å². The molecule has 0 fully saturated rings. The maximum Gasteiger partial charge on any atom is 0 e. The lowest BCUT2D eigenvalue weighted by Gasteiger charge is -2.12. The van der Waals surface area contributed by atoms with Crippen molar-refractivity contribution in [2.75, 3.05) is 6.66 Å². The molecule has 0 nitrogen and oxygen atoms in total. The summed E-state index contributed by atoms with van der Waals surface area (Å²) in [5.41, 5.74) is 0. The molecule has 0 aliphatic carbocycles. The standard InChI is InChI=1S/C5H13P.B.H2/c1-5(2,3)6-4;;/h6H,1-4H3;;1H. The summed E-state index contributed by atoms with van der Waals surface area (Å²) in [5, 5.41) is 0.569. The monoisotopic (exact) mass is 117 g/mol. The fourth-order valence-corrected chi connectivity index (χ4v) is 0. The summed E-state index contributed by atoms with van der Waals surface area (Å²) in [6, 6.07) is 0. The average Bonchev–Trinajstić information content (AvgIpc) is 1.35. The van der Waals surface area contributed by atoms with Crippen LogP contribution in [0.5, 0.6) is 0 Å². The number of hydrogen-bond acceptors (Lipinski definition) is 0. The molecule has 1 unspecified atom stereocenters. The van der Waals surface area contributed by atoms with Crippen molar-refractivity contribution in [1.82, 2.24) is 0 Å². The SMILES string of the molecule is CPC(C)(C)C.[B].[HH]. The van der Waals surface area contributed by atoms with Crippen molar-refractivity contribution in [2.24, 2.45) is 0 Å². The first kappa shape index (κ1) is 10.5. The van der Waals surface area contributed by atoms with Crippen LogP contribution in [-0.4, -0.2) is 20.2 Å². The zero-order valence-electron chi connectivity index (χ0n) is 5.58. The lowest BCUT2D eigenvalue weighted by Crippen LogP contribution is -2.02. The Morgan fingerprint density at radius 3 is 1.43 bits per heavy atom. The highest BCUT2D eigenvalue weighted by atomic mass is 31.1. The Hall–Kier alpha value is 0.495. The van der Waals surface area contributed by atoms with Crippen LogP contribution in [0, 0.1) is 0 Å². The van der Waals surface area contributed by atoms with E-state index < -0.39 is 0 Å². The highest BCUT2D eigenvalue weighted by Crippen LogP contribution is 2.25. The van der Waals surface area contributed by atoms with E-state index in [1.165, 1.54) is 0 Å². The zero-order valence-corrected chi connectivity index (χ0v) is 6.58. The van der Waals surface area contributed by atoms with Crippen molar-refractivity contribution < 1.29 is 1.43 Å². The maximum atomic E-state index is 2.26. The van der Waals surface area contributed by atoms with Crippen molar-refractivity contribution in [3.8, 4) is 0 Å². The minimum Gasteiger partial charge on any atom is -0.120 e. The lowest BCUT2D eigenvalue weighted by atomic mass is 10.3. The summed E-state index contributed by atoms with van der Waals surface area (Å²) in [4.78, 5) is 0. The smallest absolute Gasteiger partial charge is 0 e. The third-order valence-corrected chi connectivity index (χ3v) is 2.25. The fourth-order valence-electron chi connectivity index (χ4n) is 0. The van der Waals surface area contributed by atoms with Gasteiger partial charge < -0.3 is 0 Å². The Kier molecular flexibility index (Phi) is 5.22. The van der Waals surface area contributed by atoms with Crippen LogP contribution < -0.4 is 0 Å². The quantitative estimate of drug-likeness (QED) is 0.336. The van der Waals surface area contributed by atoms with Crippen LogP contribution in [0.2, 0.25) is 0 Å². The van der Waals surface area contributed by atoms with Gasteiger partial charge in [-0.3, -0.25) is 0 Å². The fraction of sp³-hybridized carbons (Fsp3) is 1.00. The Labute approximate surface area is 51.9 Å². The largest absolute Gasteiger partial charge is 0.120 e.